The van der Waals surface area contributed by atoms with Crippen LogP contribution in [-0.4, -0.2) is 426 Å². The molecular weight excluding hydrogens is 1290 g/mol. The van der Waals surface area contributed by atoms with Crippen LogP contribution in [0.3, 0.4) is 0 Å². The van der Waals surface area contributed by atoms with E-state index in [-0.39, 0.29) is 0 Å². The van der Waals surface area contributed by atoms with Gasteiger partial charge in [-0.1, -0.05) is 0 Å². The molecule has 0 unspecified atom stereocenters. The zero-order chi connectivity index (χ0) is 69.6. The Morgan fingerprint density at radius 2 is 0.755 bits per heavy atom. The van der Waals surface area contributed by atoms with Gasteiger partial charge in [0, 0.05) is 13.8 Å². The van der Waals surface area contributed by atoms with Crippen molar-refractivity contribution in [3.63, 3.8) is 0 Å². The number of hydrogen-bond donors (Lipinski definition) is 26. The van der Waals surface area contributed by atoms with Gasteiger partial charge in [0.1, 0.15) is 183 Å². The van der Waals surface area contributed by atoms with Crippen LogP contribution in [0.5, 0.6) is 0 Å². The molecule has 7 rings (SSSR count). The molecule has 94 heavy (non-hydrogen) atoms. The Kier molecular flexibility index (Phi) is 29.0. The zero-order valence-electron chi connectivity index (χ0n) is 50.4. The monoisotopic (exact) mass is 1380 g/mol. The third-order valence-corrected chi connectivity index (χ3v) is 17.1. The van der Waals surface area contributed by atoms with Crippen LogP contribution < -0.4 is 10.6 Å². The van der Waals surface area contributed by atoms with Gasteiger partial charge < -0.3 is 200 Å². The van der Waals surface area contributed by atoms with Crippen molar-refractivity contribution in [3.05, 3.63) is 0 Å². The topological polar surface area (TPSA) is 673 Å². The van der Waals surface area contributed by atoms with Gasteiger partial charge in [-0.15, -0.1) is 0 Å². The Bertz CT molecular complexity index is 2310. The lowest BCUT2D eigenvalue weighted by molar-refractivity contribution is -0.398. The molecule has 0 saturated carbocycles. The maximum atomic E-state index is 12.6. The lowest BCUT2D eigenvalue weighted by atomic mass is 9.94. The lowest BCUT2D eigenvalue weighted by Gasteiger charge is -2.50. The molecule has 7 saturated heterocycles. The summed E-state index contributed by atoms with van der Waals surface area (Å²) in [6.45, 7) is -5.09. The number of aliphatic hydroxyl groups is 24. The second-order valence-electron chi connectivity index (χ2n) is 23.6. The highest BCUT2D eigenvalue weighted by atomic mass is 16.8. The zero-order valence-corrected chi connectivity index (χ0v) is 50.4. The van der Waals surface area contributed by atoms with Crippen molar-refractivity contribution < 1.29 is 198 Å². The Morgan fingerprint density at radius 3 is 1.24 bits per heavy atom. The second kappa shape index (κ2) is 34.7. The van der Waals surface area contributed by atoms with Gasteiger partial charge in [0.25, 0.3) is 0 Å². The molecular formula is C52H90N2O40. The maximum Gasteiger partial charge on any atom is 0.217 e. The molecule has 7 heterocycles. The molecule has 0 aromatic carbocycles. The molecule has 0 radical (unpaired) electrons. The van der Waals surface area contributed by atoms with Crippen LogP contribution in [0.4, 0.5) is 0 Å². The first-order chi connectivity index (χ1) is 44.4. The Hall–Kier alpha value is -2.58. The van der Waals surface area contributed by atoms with Crippen molar-refractivity contribution in [2.45, 2.75) is 260 Å². The van der Waals surface area contributed by atoms with Gasteiger partial charge in [0.05, 0.1) is 65.0 Å². The van der Waals surface area contributed by atoms with Gasteiger partial charge in [-0.25, -0.2) is 0 Å². The standard InChI is InChI=1S/C52H90N2O40/c1-12-24(65)30(71)35(76)47(82-12)94-45-32(73)27(68)18(6-57)85-52(45)93-44-28(69)19(7-58)84-51(39(44)80)92-43-22(10-61)88-50(38(79)34(43)75)90-41-20(8-59)86-46(23(29(41)70)54-14(3)63)81-11-16(64)25(66)40(15(4-55)53-13(2)62)89-49-37(78)33(74)42(21(9-60)87-49)91-48-36(77)31(72)26(67)17(5-56)83-48/h12,15-52,55-61,64-80H,4-11H2,1-3H3,(H,53,62)(H,54,63)/t12-,15-,16+,17+,18+,19+,20+,21+,22+,23+,24+,25-,26-,27-,28-,29+,30+,31-,32-,33+,34+,35-,36+,37+,38+,39+,40+,41+,42-,43-,44-,45+,46+,47-,48+,49-,50-,51+,52+/m0/s1. The molecule has 26 N–H and O–H groups in total. The quantitative estimate of drug-likeness (QED) is 0.0363. The highest BCUT2D eigenvalue weighted by Crippen LogP contribution is 2.38. The number of carbonyl (C=O) groups is 2. The van der Waals surface area contributed by atoms with Crippen molar-refractivity contribution in [1.82, 2.24) is 10.6 Å². The van der Waals surface area contributed by atoms with Crippen LogP contribution in [0, 0.1) is 0 Å². The van der Waals surface area contributed by atoms with E-state index in [4.69, 9.17) is 66.3 Å². The van der Waals surface area contributed by atoms with Crippen LogP contribution in [0.1, 0.15) is 20.8 Å². The van der Waals surface area contributed by atoms with Crippen LogP contribution >= 0.6 is 0 Å². The van der Waals surface area contributed by atoms with Crippen LogP contribution in [-0.2, 0) is 75.9 Å². The van der Waals surface area contributed by atoms with E-state index in [2.05, 4.69) is 10.6 Å². The number of carbonyl (C=O) groups excluding carboxylic acids is 2. The number of nitrogens with one attached hydrogen (secondary N) is 2. The normalized spacial score (nSPS) is 47.7. The average Bonchev–Trinajstić information content (AvgIpc) is 0.787. The first-order valence-electron chi connectivity index (χ1n) is 29.9. The molecule has 7 aliphatic rings. The maximum absolute atomic E-state index is 12.6. The Morgan fingerprint density at radius 1 is 0.383 bits per heavy atom. The minimum absolute atomic E-state index is 0.852. The van der Waals surface area contributed by atoms with Crippen molar-refractivity contribution in [2.75, 3.05) is 52.9 Å². The molecule has 42 nitrogen and oxygen atoms in total. The summed E-state index contributed by atoms with van der Waals surface area (Å²) in [6.07, 6.45) is -72.6. The van der Waals surface area contributed by atoms with Gasteiger partial charge in [0.2, 0.25) is 11.8 Å². The summed E-state index contributed by atoms with van der Waals surface area (Å²) in [5.74, 6) is -1.74. The van der Waals surface area contributed by atoms with E-state index in [1.807, 2.05) is 0 Å². The summed E-state index contributed by atoms with van der Waals surface area (Å²) in [4.78, 5) is 24.9. The first kappa shape index (κ1) is 78.8. The van der Waals surface area contributed by atoms with Crippen molar-refractivity contribution in [3.8, 4) is 0 Å². The molecule has 0 aliphatic carbocycles. The average molecular weight is 1380 g/mol. The molecule has 0 aromatic heterocycles. The van der Waals surface area contributed by atoms with E-state index >= 15 is 0 Å². The molecule has 0 bridgehead atoms. The number of hydrogen-bond acceptors (Lipinski definition) is 40. The predicted octanol–water partition coefficient (Wildman–Crippen LogP) is -17.5. The molecule has 2 amide bonds. The Labute approximate surface area is 532 Å². The Balaban J connectivity index is 1.02. The predicted molar refractivity (Wildman–Crippen MR) is 288 cm³/mol. The third-order valence-electron chi connectivity index (χ3n) is 17.1. The molecule has 548 valence electrons. The largest absolute Gasteiger partial charge is 0.394 e. The molecule has 7 fully saturated rings. The van der Waals surface area contributed by atoms with Gasteiger partial charge in [0.15, 0.2) is 44.0 Å². The number of ether oxygens (including phenoxy) is 14. The van der Waals surface area contributed by atoms with E-state index in [0.717, 1.165) is 13.8 Å². The number of aliphatic hydroxyl groups excluding tert-OH is 24. The fraction of sp³-hybridized carbons (Fsp3) is 0.962. The third kappa shape index (κ3) is 17.4. The van der Waals surface area contributed by atoms with Gasteiger partial charge in [-0.2, -0.15) is 0 Å². The van der Waals surface area contributed by atoms with Crippen LogP contribution in [0.25, 0.3) is 0 Å². The van der Waals surface area contributed by atoms with Gasteiger partial charge in [-0.05, 0) is 6.92 Å². The summed E-state index contributed by atoms with van der Waals surface area (Å²) in [5, 5.41) is 264. The summed E-state index contributed by atoms with van der Waals surface area (Å²) in [6, 6.07) is -3.50. The van der Waals surface area contributed by atoms with Crippen LogP contribution in [0.15, 0.2) is 0 Å². The molecule has 39 atom stereocenters. The van der Waals surface area contributed by atoms with E-state index in [9.17, 15) is 132 Å². The molecule has 0 aromatic rings. The van der Waals surface area contributed by atoms with E-state index in [0.29, 0.717) is 0 Å². The first-order valence-corrected chi connectivity index (χ1v) is 29.9. The van der Waals surface area contributed by atoms with Gasteiger partial charge >= 0.3 is 0 Å². The number of amides is 2. The van der Waals surface area contributed by atoms with E-state index < -0.39 is 304 Å². The fourth-order valence-corrected chi connectivity index (χ4v) is 11.7. The molecule has 7 aliphatic heterocycles. The number of rotatable bonds is 27. The van der Waals surface area contributed by atoms with E-state index in [1.54, 1.807) is 0 Å². The van der Waals surface area contributed by atoms with Crippen molar-refractivity contribution >= 4 is 11.8 Å². The summed E-state index contributed by atoms with van der Waals surface area (Å²) >= 11 is 0. The van der Waals surface area contributed by atoms with Crippen molar-refractivity contribution in [2.24, 2.45) is 0 Å². The highest BCUT2D eigenvalue weighted by molar-refractivity contribution is 5.73. The summed E-state index contributed by atoms with van der Waals surface area (Å²) in [5.41, 5.74) is 0. The lowest BCUT2D eigenvalue weighted by Crippen LogP contribution is -2.69. The van der Waals surface area contributed by atoms with E-state index in [1.165, 1.54) is 6.92 Å². The summed E-state index contributed by atoms with van der Waals surface area (Å²) < 4.78 is 79.5. The highest BCUT2D eigenvalue weighted by Gasteiger charge is 2.58. The minimum Gasteiger partial charge on any atom is -0.394 e. The molecule has 42 heteroatoms. The fourth-order valence-electron chi connectivity index (χ4n) is 11.7. The second-order valence-corrected chi connectivity index (χ2v) is 23.6. The smallest absolute Gasteiger partial charge is 0.217 e. The SMILES string of the molecule is CC(=O)N[C@H]1[C@H](OC[C@@H](O)[C@H](O)[C@H](O[C@@H]2O[C@H](CO)[C@H](O[C@H]3O[C@H](CO)[C@H](O)[C@H](O)[C@H]3O)[C@H](O)[C@H]2O)[C@H](CO)NC(C)=O)O[C@H](CO)[C@@H](O[C@@H]2O[C@H](CO)[C@H](O[C@H]3O[C@H](CO)[C@H](O)[C@H](O[C@H]4O[C@H](CO)[C@H](O)[C@H](O)[C@H]4O[C@@H]4O[C@@H](C)[C@@H](O)[C@@H](O)[C@@H]4O)[C@H]3O)[C@H](O)[C@H]2O)[C@@H]1O. The van der Waals surface area contributed by atoms with Gasteiger partial charge in [-0.3, -0.25) is 9.59 Å². The minimum atomic E-state index is -2.34. The van der Waals surface area contributed by atoms with Crippen molar-refractivity contribution in [1.29, 1.82) is 0 Å². The summed E-state index contributed by atoms with van der Waals surface area (Å²) in [7, 11) is 0. The van der Waals surface area contributed by atoms with Crippen LogP contribution in [0.2, 0.25) is 0 Å². The molecule has 0 spiro atoms.